The molecule has 1 unspecified atom stereocenters. The molecule has 4 aromatic carbocycles. The number of rotatable bonds is 0. The number of aliphatic imine (C=N–C) groups is 5. The Morgan fingerprint density at radius 1 is 0.513 bits per heavy atom. The van der Waals surface area contributed by atoms with E-state index in [0.29, 0.717) is 0 Å². The van der Waals surface area contributed by atoms with Crippen LogP contribution in [0.4, 0.5) is 5.69 Å². The Hall–Kier alpha value is -6.03. The van der Waals surface area contributed by atoms with Crippen LogP contribution in [-0.2, 0) is 31.6 Å². The molecule has 0 spiro atoms. The molecule has 0 saturated carbocycles. The number of hydrogen-bond donors (Lipinski definition) is 2. The molecule has 1 atom stereocenters. The first-order valence-electron chi connectivity index (χ1n) is 26.3. The molecule has 10 heteroatoms. The van der Waals surface area contributed by atoms with Crippen LogP contribution in [0.3, 0.4) is 0 Å². The zero-order chi connectivity index (χ0) is 52.3. The summed E-state index contributed by atoms with van der Waals surface area (Å²) < 4.78 is 0. The van der Waals surface area contributed by atoms with Gasteiger partial charge in [-0.2, -0.15) is 0 Å². The predicted molar refractivity (Wildman–Crippen MR) is 335 cm³/mol. The average Bonchev–Trinajstić information content (AvgIpc) is 3.71. The summed E-state index contributed by atoms with van der Waals surface area (Å²) in [6.07, 6.45) is 9.24. The molecule has 1 aromatic heterocycles. The lowest BCUT2D eigenvalue weighted by Gasteiger charge is -2.44. The third-order valence-electron chi connectivity index (χ3n) is 13.0. The molecule has 0 radical (unpaired) electrons. The fourth-order valence-electron chi connectivity index (χ4n) is 8.88. The molecular weight excluding hydrogens is 933 g/mol. The van der Waals surface area contributed by atoms with Gasteiger partial charge in [0, 0.05) is 76.2 Å². The number of nitrogens with zero attached hydrogens (tertiary/aromatic N) is 8. The SMILES string of the molecule is C.C.C.C.CC(C)(C)C1=NCCC2CCCCN12.CC(C)(C)C1=NCc2ccccc2C=N1.CC(C)(C)C1=NCc2ccccc2CN1.CC(C)(C)C1=NCc2ccccc2N1.CC(C)(C)c1ncc2ccccc2n1. The molecule has 5 aliphatic heterocycles. The van der Waals surface area contributed by atoms with Crippen LogP contribution in [0.15, 0.2) is 128 Å². The lowest BCUT2D eigenvalue weighted by molar-refractivity contribution is 0.202. The highest BCUT2D eigenvalue weighted by molar-refractivity contribution is 6.01. The van der Waals surface area contributed by atoms with E-state index in [4.69, 9.17) is 4.99 Å². The Bertz CT molecular complexity index is 2740. The molecule has 1 saturated heterocycles. The van der Waals surface area contributed by atoms with Crippen molar-refractivity contribution in [1.82, 2.24) is 20.2 Å². The van der Waals surface area contributed by atoms with Crippen LogP contribution >= 0.6 is 0 Å². The van der Waals surface area contributed by atoms with Crippen LogP contribution in [0.5, 0.6) is 0 Å². The lowest BCUT2D eigenvalue weighted by Crippen LogP contribution is -2.51. The number of para-hydroxylation sites is 2. The molecule has 2 N–H and O–H groups in total. The largest absolute Gasteiger partial charge is 0.369 e. The van der Waals surface area contributed by atoms with Crippen LogP contribution in [0.2, 0.25) is 0 Å². The van der Waals surface area contributed by atoms with Crippen molar-refractivity contribution < 1.29 is 0 Å². The quantitative estimate of drug-likeness (QED) is 0.160. The van der Waals surface area contributed by atoms with Crippen LogP contribution in [-0.4, -0.2) is 63.6 Å². The molecular formula is C66H102N10. The van der Waals surface area contributed by atoms with Gasteiger partial charge in [-0.25, -0.2) is 15.0 Å². The molecule has 0 aliphatic carbocycles. The van der Waals surface area contributed by atoms with E-state index < -0.39 is 0 Å². The molecule has 76 heavy (non-hydrogen) atoms. The Labute approximate surface area is 463 Å². The third-order valence-corrected chi connectivity index (χ3v) is 13.0. The van der Waals surface area contributed by atoms with Crippen molar-refractivity contribution in [1.29, 1.82) is 0 Å². The summed E-state index contributed by atoms with van der Waals surface area (Å²) in [5.74, 6) is 5.37. The average molecular weight is 1040 g/mol. The maximum atomic E-state index is 4.73. The molecule has 5 aliphatic rings. The minimum atomic E-state index is 0. The topological polar surface area (TPSA) is 115 Å². The van der Waals surface area contributed by atoms with Gasteiger partial charge in [0.15, 0.2) is 0 Å². The first kappa shape index (κ1) is 66.1. The van der Waals surface area contributed by atoms with Crippen molar-refractivity contribution in [3.63, 3.8) is 0 Å². The molecule has 0 bridgehead atoms. The van der Waals surface area contributed by atoms with Crippen molar-refractivity contribution in [3.05, 3.63) is 137 Å². The van der Waals surface area contributed by atoms with Gasteiger partial charge < -0.3 is 15.5 Å². The van der Waals surface area contributed by atoms with E-state index in [1.54, 1.807) is 0 Å². The lowest BCUT2D eigenvalue weighted by atomic mass is 9.88. The number of hydrogen-bond acceptors (Lipinski definition) is 10. The summed E-state index contributed by atoms with van der Waals surface area (Å²) in [4.78, 5) is 34.4. The van der Waals surface area contributed by atoms with Gasteiger partial charge in [-0.1, -0.05) is 218 Å². The summed E-state index contributed by atoms with van der Waals surface area (Å²) in [5, 5.41) is 7.91. The van der Waals surface area contributed by atoms with Gasteiger partial charge in [0.2, 0.25) is 0 Å². The Kier molecular flexibility index (Phi) is 24.7. The van der Waals surface area contributed by atoms with Crippen LogP contribution in [0.25, 0.3) is 10.9 Å². The standard InChI is InChI=1S/C13H18N2.C13H16N2.C12H22N2.C12H16N2.C12H14N2.4CH4/c2*1-13(2,3)12-14-8-10-6-4-5-7-11(10)9-15-12;1-12(2,3)11-13-8-7-10-6-4-5-9-14(10)11;2*1-12(2,3)11-13-8-9-6-4-5-7-10(9)14-11;;;;/h4-7H,8-9H2,1-3H3,(H,14,15);4-8H,9H2,1-3H3;10H,4-9H2,1-3H3;4-7H,8H2,1-3H3,(H,13,14);4-8H,1-3H3;4*1H4. The number of amidine groups is 4. The summed E-state index contributed by atoms with van der Waals surface area (Å²) in [6.45, 7) is 38.2. The monoisotopic (exact) mass is 1030 g/mol. The summed E-state index contributed by atoms with van der Waals surface area (Å²) in [5.41, 5.74) is 9.12. The number of anilines is 1. The van der Waals surface area contributed by atoms with E-state index in [1.165, 1.54) is 71.6 Å². The number of nitrogens with one attached hydrogen (secondary N) is 2. The first-order chi connectivity index (χ1) is 33.9. The molecule has 10 nitrogen and oxygen atoms in total. The van der Waals surface area contributed by atoms with E-state index in [0.717, 1.165) is 73.0 Å². The van der Waals surface area contributed by atoms with Crippen molar-refractivity contribution in [2.45, 2.75) is 197 Å². The van der Waals surface area contributed by atoms with Gasteiger partial charge in [-0.3, -0.25) is 20.0 Å². The van der Waals surface area contributed by atoms with E-state index in [-0.39, 0.29) is 56.8 Å². The summed E-state index contributed by atoms with van der Waals surface area (Å²) in [7, 11) is 0. The summed E-state index contributed by atoms with van der Waals surface area (Å²) in [6, 6.07) is 34.0. The highest BCUT2D eigenvalue weighted by Crippen LogP contribution is 2.31. The molecule has 1 fully saturated rings. The van der Waals surface area contributed by atoms with Crippen LogP contribution in [0, 0.1) is 21.7 Å². The van der Waals surface area contributed by atoms with Gasteiger partial charge in [0.05, 0.1) is 25.2 Å². The number of fused-ring (bicyclic) bond motifs is 5. The maximum Gasteiger partial charge on any atom is 0.134 e. The molecule has 416 valence electrons. The fraction of sp³-hybridized carbons (Fsp3) is 0.530. The van der Waals surface area contributed by atoms with E-state index >= 15 is 0 Å². The minimum Gasteiger partial charge on any atom is -0.369 e. The molecule has 10 rings (SSSR count). The second-order valence-electron chi connectivity index (χ2n) is 24.7. The highest BCUT2D eigenvalue weighted by atomic mass is 15.2. The normalized spacial score (nSPS) is 16.5. The number of benzene rings is 4. The summed E-state index contributed by atoms with van der Waals surface area (Å²) >= 11 is 0. The van der Waals surface area contributed by atoms with Gasteiger partial charge >= 0.3 is 0 Å². The predicted octanol–water partition coefficient (Wildman–Crippen LogP) is 17.0. The Balaban J connectivity index is 0.000000321. The minimum absolute atomic E-state index is 0. The van der Waals surface area contributed by atoms with Gasteiger partial charge in [-0.05, 0) is 65.6 Å². The zero-order valence-corrected chi connectivity index (χ0v) is 46.6. The van der Waals surface area contributed by atoms with Gasteiger partial charge in [0.1, 0.15) is 29.2 Å². The fourth-order valence-corrected chi connectivity index (χ4v) is 8.88. The first-order valence-corrected chi connectivity index (χ1v) is 26.3. The number of piperidine rings is 1. The van der Waals surface area contributed by atoms with Crippen molar-refractivity contribution >= 4 is 46.1 Å². The van der Waals surface area contributed by atoms with Gasteiger partial charge in [0.25, 0.3) is 0 Å². The van der Waals surface area contributed by atoms with E-state index in [9.17, 15) is 0 Å². The van der Waals surface area contributed by atoms with Crippen molar-refractivity contribution in [2.75, 3.05) is 18.4 Å². The van der Waals surface area contributed by atoms with E-state index in [2.05, 4.69) is 210 Å². The third kappa shape index (κ3) is 18.9. The second kappa shape index (κ2) is 28.4. The van der Waals surface area contributed by atoms with Gasteiger partial charge in [-0.15, -0.1) is 0 Å². The smallest absolute Gasteiger partial charge is 0.134 e. The van der Waals surface area contributed by atoms with Crippen molar-refractivity contribution in [3.8, 4) is 0 Å². The van der Waals surface area contributed by atoms with Crippen LogP contribution in [0.1, 0.15) is 193 Å². The molecule has 5 aromatic rings. The highest BCUT2D eigenvalue weighted by Gasteiger charge is 2.33. The second-order valence-corrected chi connectivity index (χ2v) is 24.7. The number of aromatic nitrogens is 2. The van der Waals surface area contributed by atoms with E-state index in [1.807, 2.05) is 48.8 Å². The maximum absolute atomic E-state index is 4.73. The Morgan fingerprint density at radius 2 is 1.08 bits per heavy atom. The zero-order valence-electron chi connectivity index (χ0n) is 46.6. The Morgan fingerprint density at radius 3 is 1.72 bits per heavy atom. The van der Waals surface area contributed by atoms with Crippen LogP contribution < -0.4 is 10.6 Å². The van der Waals surface area contributed by atoms with Crippen molar-refractivity contribution in [2.24, 2.45) is 46.6 Å². The molecule has 0 amide bonds. The molecule has 6 heterocycles.